The average Bonchev–Trinajstić information content (AvgIpc) is 2.04. The predicted octanol–water partition coefficient (Wildman–Crippen LogP) is 0.980. The molecule has 0 aromatic carbocycles. The molecule has 0 amide bonds. The molecule has 0 aromatic heterocycles. The number of ether oxygens (including phenoxy) is 1. The van der Waals surface area contributed by atoms with E-state index in [1.165, 1.54) is 0 Å². The van der Waals surface area contributed by atoms with Crippen LogP contribution in [0.1, 0.15) is 13.8 Å². The molecule has 0 heterocycles. The standard InChI is InChI=1S/C9H16O3/c1-4-9(11)12-6-8(5-10)7(2)3/h4,7-8,10H,1,5-6H2,2-3H3. The molecular formula is C9H16O3. The fraction of sp³-hybridized carbons (Fsp3) is 0.667. The molecule has 0 saturated carbocycles. The van der Waals surface area contributed by atoms with Crippen molar-refractivity contribution in [2.24, 2.45) is 11.8 Å². The van der Waals surface area contributed by atoms with Gasteiger partial charge in [-0.25, -0.2) is 4.79 Å². The van der Waals surface area contributed by atoms with Crippen LogP contribution in [-0.4, -0.2) is 24.3 Å². The van der Waals surface area contributed by atoms with E-state index in [2.05, 4.69) is 6.58 Å². The van der Waals surface area contributed by atoms with Gasteiger partial charge in [-0.1, -0.05) is 20.4 Å². The van der Waals surface area contributed by atoms with Gasteiger partial charge in [-0.05, 0) is 5.92 Å². The molecule has 0 radical (unpaired) electrons. The number of rotatable bonds is 5. The molecule has 3 heteroatoms. The van der Waals surface area contributed by atoms with Crippen molar-refractivity contribution in [2.75, 3.05) is 13.2 Å². The lowest BCUT2D eigenvalue weighted by Gasteiger charge is -2.16. The van der Waals surface area contributed by atoms with E-state index in [9.17, 15) is 4.79 Å². The van der Waals surface area contributed by atoms with Gasteiger partial charge < -0.3 is 9.84 Å². The summed E-state index contributed by atoms with van der Waals surface area (Å²) in [6.07, 6.45) is 1.12. The maximum absolute atomic E-state index is 10.6. The Kier molecular flexibility index (Phi) is 5.37. The third kappa shape index (κ3) is 4.13. The third-order valence-electron chi connectivity index (χ3n) is 1.78. The van der Waals surface area contributed by atoms with E-state index >= 15 is 0 Å². The Morgan fingerprint density at radius 1 is 1.67 bits per heavy atom. The molecule has 0 fully saturated rings. The van der Waals surface area contributed by atoms with Gasteiger partial charge in [-0.2, -0.15) is 0 Å². The summed E-state index contributed by atoms with van der Waals surface area (Å²) in [5.74, 6) is -0.101. The fourth-order valence-corrected chi connectivity index (χ4v) is 0.704. The number of hydrogen-bond acceptors (Lipinski definition) is 3. The SMILES string of the molecule is C=CC(=O)OCC(CO)C(C)C. The number of aliphatic hydroxyl groups is 1. The van der Waals surface area contributed by atoms with Crippen molar-refractivity contribution in [1.82, 2.24) is 0 Å². The first-order chi connectivity index (χ1) is 5.61. The Labute approximate surface area is 73.0 Å². The minimum atomic E-state index is -0.436. The van der Waals surface area contributed by atoms with Gasteiger partial charge in [0.1, 0.15) is 0 Å². The molecule has 0 bridgehead atoms. The number of aliphatic hydroxyl groups excluding tert-OH is 1. The van der Waals surface area contributed by atoms with Gasteiger partial charge in [-0.3, -0.25) is 0 Å². The van der Waals surface area contributed by atoms with Crippen molar-refractivity contribution in [2.45, 2.75) is 13.8 Å². The van der Waals surface area contributed by atoms with Crippen LogP contribution in [0.15, 0.2) is 12.7 Å². The largest absolute Gasteiger partial charge is 0.462 e. The van der Waals surface area contributed by atoms with Crippen molar-refractivity contribution < 1.29 is 14.6 Å². The monoisotopic (exact) mass is 172 g/mol. The van der Waals surface area contributed by atoms with Gasteiger partial charge in [0.2, 0.25) is 0 Å². The minimum Gasteiger partial charge on any atom is -0.462 e. The molecule has 70 valence electrons. The van der Waals surface area contributed by atoms with Crippen LogP contribution in [0, 0.1) is 11.8 Å². The summed E-state index contributed by atoms with van der Waals surface area (Å²) < 4.78 is 4.79. The molecule has 3 nitrogen and oxygen atoms in total. The zero-order chi connectivity index (χ0) is 9.56. The van der Waals surface area contributed by atoms with Crippen LogP contribution in [0.5, 0.6) is 0 Å². The summed E-state index contributed by atoms with van der Waals surface area (Å²) in [7, 11) is 0. The Balaban J connectivity index is 3.72. The van der Waals surface area contributed by atoms with Gasteiger partial charge in [0.05, 0.1) is 6.61 Å². The van der Waals surface area contributed by atoms with Crippen LogP contribution in [0.3, 0.4) is 0 Å². The minimum absolute atomic E-state index is 0.0221. The Hall–Kier alpha value is -0.830. The van der Waals surface area contributed by atoms with Gasteiger partial charge in [0.15, 0.2) is 0 Å². The normalized spacial score (nSPS) is 12.7. The van der Waals surface area contributed by atoms with E-state index in [1.807, 2.05) is 13.8 Å². The van der Waals surface area contributed by atoms with Crippen molar-refractivity contribution in [3.05, 3.63) is 12.7 Å². The van der Waals surface area contributed by atoms with E-state index in [0.29, 0.717) is 5.92 Å². The molecule has 0 aliphatic carbocycles. The summed E-state index contributed by atoms with van der Waals surface area (Å²) in [4.78, 5) is 10.6. The predicted molar refractivity (Wildman–Crippen MR) is 46.6 cm³/mol. The first-order valence-electron chi connectivity index (χ1n) is 4.01. The Morgan fingerprint density at radius 3 is 2.58 bits per heavy atom. The average molecular weight is 172 g/mol. The molecule has 0 aromatic rings. The number of carbonyl (C=O) groups excluding carboxylic acids is 1. The van der Waals surface area contributed by atoms with Crippen molar-refractivity contribution in [1.29, 1.82) is 0 Å². The second kappa shape index (κ2) is 5.77. The van der Waals surface area contributed by atoms with E-state index in [0.717, 1.165) is 6.08 Å². The zero-order valence-electron chi connectivity index (χ0n) is 7.62. The summed E-state index contributed by atoms with van der Waals surface area (Å²) in [6.45, 7) is 7.53. The summed E-state index contributed by atoms with van der Waals surface area (Å²) in [6, 6.07) is 0. The second-order valence-electron chi connectivity index (χ2n) is 3.02. The van der Waals surface area contributed by atoms with Crippen LogP contribution < -0.4 is 0 Å². The number of hydrogen-bond donors (Lipinski definition) is 1. The molecule has 0 aliphatic heterocycles. The number of esters is 1. The van der Waals surface area contributed by atoms with Crippen LogP contribution in [-0.2, 0) is 9.53 Å². The first kappa shape index (κ1) is 11.2. The highest BCUT2D eigenvalue weighted by atomic mass is 16.5. The molecule has 0 saturated heterocycles. The number of carbonyl (C=O) groups is 1. The molecule has 0 spiro atoms. The summed E-state index contributed by atoms with van der Waals surface area (Å²) in [5, 5.41) is 8.86. The quantitative estimate of drug-likeness (QED) is 0.496. The van der Waals surface area contributed by atoms with Crippen LogP contribution >= 0.6 is 0 Å². The summed E-state index contributed by atoms with van der Waals surface area (Å²) in [5.41, 5.74) is 0. The van der Waals surface area contributed by atoms with Gasteiger partial charge in [0.25, 0.3) is 0 Å². The summed E-state index contributed by atoms with van der Waals surface area (Å²) >= 11 is 0. The lowest BCUT2D eigenvalue weighted by atomic mass is 9.98. The molecule has 0 rings (SSSR count). The Bertz CT molecular complexity index is 152. The van der Waals surface area contributed by atoms with Crippen molar-refractivity contribution in [3.8, 4) is 0 Å². The van der Waals surface area contributed by atoms with Crippen LogP contribution in [0.4, 0.5) is 0 Å². The van der Waals surface area contributed by atoms with Crippen molar-refractivity contribution in [3.63, 3.8) is 0 Å². The zero-order valence-corrected chi connectivity index (χ0v) is 7.62. The smallest absolute Gasteiger partial charge is 0.330 e. The second-order valence-corrected chi connectivity index (χ2v) is 3.02. The first-order valence-corrected chi connectivity index (χ1v) is 4.01. The molecule has 0 aliphatic rings. The molecule has 1 N–H and O–H groups in total. The van der Waals surface area contributed by atoms with Gasteiger partial charge >= 0.3 is 5.97 Å². The van der Waals surface area contributed by atoms with E-state index in [4.69, 9.17) is 9.84 Å². The highest BCUT2D eigenvalue weighted by Crippen LogP contribution is 2.09. The molecule has 1 atom stereocenters. The van der Waals surface area contributed by atoms with Gasteiger partial charge in [0, 0.05) is 18.6 Å². The molecule has 12 heavy (non-hydrogen) atoms. The van der Waals surface area contributed by atoms with Crippen LogP contribution in [0.2, 0.25) is 0 Å². The third-order valence-corrected chi connectivity index (χ3v) is 1.78. The Morgan fingerprint density at radius 2 is 2.25 bits per heavy atom. The lowest BCUT2D eigenvalue weighted by molar-refractivity contribution is -0.139. The topological polar surface area (TPSA) is 46.5 Å². The maximum atomic E-state index is 10.6. The van der Waals surface area contributed by atoms with Crippen molar-refractivity contribution >= 4 is 5.97 Å². The highest BCUT2D eigenvalue weighted by Gasteiger charge is 2.13. The van der Waals surface area contributed by atoms with E-state index < -0.39 is 5.97 Å². The van der Waals surface area contributed by atoms with E-state index in [-0.39, 0.29) is 19.1 Å². The maximum Gasteiger partial charge on any atom is 0.330 e. The van der Waals surface area contributed by atoms with Crippen LogP contribution in [0.25, 0.3) is 0 Å². The molecule has 1 unspecified atom stereocenters. The fourth-order valence-electron chi connectivity index (χ4n) is 0.704. The lowest BCUT2D eigenvalue weighted by Crippen LogP contribution is -2.21. The molecular weight excluding hydrogens is 156 g/mol. The van der Waals surface area contributed by atoms with Gasteiger partial charge in [-0.15, -0.1) is 0 Å². The highest BCUT2D eigenvalue weighted by molar-refractivity contribution is 5.81. The van der Waals surface area contributed by atoms with E-state index in [1.54, 1.807) is 0 Å².